The van der Waals surface area contributed by atoms with Gasteiger partial charge in [-0.2, -0.15) is 0 Å². The lowest BCUT2D eigenvalue weighted by Crippen LogP contribution is -2.30. The van der Waals surface area contributed by atoms with Crippen LogP contribution >= 0.6 is 0 Å². The highest BCUT2D eigenvalue weighted by Crippen LogP contribution is 2.38. The maximum atomic E-state index is 13.0. The molecule has 1 fully saturated rings. The molecule has 4 rings (SSSR count). The molecule has 0 saturated carbocycles. The van der Waals surface area contributed by atoms with E-state index in [9.17, 15) is 9.59 Å². The number of ether oxygens (including phenoxy) is 2. The molecule has 0 spiro atoms. The third kappa shape index (κ3) is 3.81. The van der Waals surface area contributed by atoms with Gasteiger partial charge >= 0.3 is 0 Å². The summed E-state index contributed by atoms with van der Waals surface area (Å²) >= 11 is 0. The van der Waals surface area contributed by atoms with Crippen molar-refractivity contribution in [1.82, 2.24) is 9.88 Å². The number of aromatic amines is 1. The standard InChI is InChI=1S/C23H28N2O4/c1-14-22(16(3)26)15(2)24-23(14)19(27)13-25-9-4-6-18(25)17-7-8-20-21(12-17)29-11-5-10-28-20/h7-8,12,18,24H,4-6,9-11,13H2,1-3H3/t18-/m1/s1. The van der Waals surface area contributed by atoms with Crippen LogP contribution in [-0.4, -0.2) is 47.8 Å². The minimum absolute atomic E-state index is 0.0125. The Labute approximate surface area is 171 Å². The summed E-state index contributed by atoms with van der Waals surface area (Å²) in [6.45, 7) is 7.77. The number of nitrogens with one attached hydrogen (secondary N) is 1. The van der Waals surface area contributed by atoms with E-state index < -0.39 is 0 Å². The van der Waals surface area contributed by atoms with Crippen LogP contribution in [-0.2, 0) is 0 Å². The number of carbonyl (C=O) groups excluding carboxylic acids is 2. The molecule has 0 radical (unpaired) electrons. The van der Waals surface area contributed by atoms with Crippen molar-refractivity contribution in [2.24, 2.45) is 0 Å². The SMILES string of the molecule is CC(=O)c1c(C)[nH]c(C(=O)CN2CCC[C@@H]2c2ccc3c(c2)OCCCO3)c1C. The van der Waals surface area contributed by atoms with Crippen LogP contribution in [0.15, 0.2) is 18.2 Å². The lowest BCUT2D eigenvalue weighted by molar-refractivity contribution is 0.0916. The molecule has 0 amide bonds. The van der Waals surface area contributed by atoms with Gasteiger partial charge in [0.25, 0.3) is 0 Å². The predicted octanol–water partition coefficient (Wildman–Crippen LogP) is 4.02. The Morgan fingerprint density at radius 2 is 1.90 bits per heavy atom. The predicted molar refractivity (Wildman–Crippen MR) is 110 cm³/mol. The quantitative estimate of drug-likeness (QED) is 0.773. The first kappa shape index (κ1) is 19.7. The topological polar surface area (TPSA) is 71.6 Å². The Bertz CT molecular complexity index is 947. The van der Waals surface area contributed by atoms with Crippen LogP contribution in [0, 0.1) is 13.8 Å². The molecule has 6 heteroatoms. The average Bonchev–Trinajstić information content (AvgIpc) is 3.16. The molecule has 1 atom stereocenters. The van der Waals surface area contributed by atoms with Crippen LogP contribution in [0.2, 0.25) is 0 Å². The minimum atomic E-state index is -0.0125. The molecule has 154 valence electrons. The van der Waals surface area contributed by atoms with Crippen LogP contribution in [0.3, 0.4) is 0 Å². The van der Waals surface area contributed by atoms with Crippen LogP contribution in [0.25, 0.3) is 0 Å². The number of hydrogen-bond acceptors (Lipinski definition) is 5. The van der Waals surface area contributed by atoms with E-state index >= 15 is 0 Å². The van der Waals surface area contributed by atoms with E-state index in [0.29, 0.717) is 31.0 Å². The number of aromatic nitrogens is 1. The van der Waals surface area contributed by atoms with Crippen molar-refractivity contribution in [3.8, 4) is 11.5 Å². The third-order valence-electron chi connectivity index (χ3n) is 5.94. The lowest BCUT2D eigenvalue weighted by Gasteiger charge is -2.24. The largest absolute Gasteiger partial charge is 0.490 e. The highest BCUT2D eigenvalue weighted by molar-refractivity contribution is 6.04. The minimum Gasteiger partial charge on any atom is -0.490 e. The number of nitrogens with zero attached hydrogens (tertiary/aromatic N) is 1. The Balaban J connectivity index is 1.54. The zero-order chi connectivity index (χ0) is 20.5. The van der Waals surface area contributed by atoms with E-state index in [-0.39, 0.29) is 17.6 Å². The van der Waals surface area contributed by atoms with Crippen LogP contribution in [0.4, 0.5) is 0 Å². The molecule has 0 aliphatic carbocycles. The van der Waals surface area contributed by atoms with Crippen LogP contribution < -0.4 is 9.47 Å². The molecule has 2 aliphatic rings. The number of benzene rings is 1. The smallest absolute Gasteiger partial charge is 0.193 e. The zero-order valence-corrected chi connectivity index (χ0v) is 17.3. The summed E-state index contributed by atoms with van der Waals surface area (Å²) in [5, 5.41) is 0. The van der Waals surface area contributed by atoms with Gasteiger partial charge in [-0.05, 0) is 63.4 Å². The van der Waals surface area contributed by atoms with E-state index in [2.05, 4.69) is 22.0 Å². The zero-order valence-electron chi connectivity index (χ0n) is 17.3. The number of rotatable bonds is 5. The summed E-state index contributed by atoms with van der Waals surface area (Å²) in [6, 6.07) is 6.30. The molecule has 1 N–H and O–H groups in total. The number of H-pyrrole nitrogens is 1. The summed E-state index contributed by atoms with van der Waals surface area (Å²) in [7, 11) is 0. The Hall–Kier alpha value is -2.60. The van der Waals surface area contributed by atoms with E-state index in [1.807, 2.05) is 19.9 Å². The first-order chi connectivity index (χ1) is 14.0. The van der Waals surface area contributed by atoms with Gasteiger partial charge < -0.3 is 14.5 Å². The molecule has 29 heavy (non-hydrogen) atoms. The van der Waals surface area contributed by atoms with E-state index in [1.54, 1.807) is 0 Å². The number of carbonyl (C=O) groups is 2. The van der Waals surface area contributed by atoms with E-state index in [1.165, 1.54) is 6.92 Å². The molecule has 1 aromatic carbocycles. The number of ketones is 2. The molecule has 1 saturated heterocycles. The number of Topliss-reactive ketones (excluding diaryl/α,β-unsaturated/α-hetero) is 2. The van der Waals surface area contributed by atoms with Gasteiger partial charge in [-0.1, -0.05) is 6.07 Å². The fourth-order valence-electron chi connectivity index (χ4n) is 4.60. The van der Waals surface area contributed by atoms with Crippen molar-refractivity contribution < 1.29 is 19.1 Å². The van der Waals surface area contributed by atoms with Gasteiger partial charge in [0, 0.05) is 23.7 Å². The average molecular weight is 396 g/mol. The van der Waals surface area contributed by atoms with Crippen LogP contribution in [0.1, 0.15) is 69.9 Å². The first-order valence-electron chi connectivity index (χ1n) is 10.3. The maximum Gasteiger partial charge on any atom is 0.193 e. The van der Waals surface area contributed by atoms with Gasteiger partial charge in [0.2, 0.25) is 0 Å². The molecule has 6 nitrogen and oxygen atoms in total. The molecule has 0 unspecified atom stereocenters. The molecular weight excluding hydrogens is 368 g/mol. The summed E-state index contributed by atoms with van der Waals surface area (Å²) in [4.78, 5) is 30.3. The second-order valence-electron chi connectivity index (χ2n) is 7.99. The third-order valence-corrected chi connectivity index (χ3v) is 5.94. The molecule has 2 aliphatic heterocycles. The van der Waals surface area contributed by atoms with E-state index in [4.69, 9.17) is 9.47 Å². The number of fused-ring (bicyclic) bond motifs is 1. The van der Waals surface area contributed by atoms with Crippen molar-refractivity contribution in [2.75, 3.05) is 26.3 Å². The first-order valence-corrected chi connectivity index (χ1v) is 10.3. The molecule has 3 heterocycles. The van der Waals surface area contributed by atoms with Crippen molar-refractivity contribution in [2.45, 2.75) is 46.1 Å². The summed E-state index contributed by atoms with van der Waals surface area (Å²) < 4.78 is 11.6. The number of likely N-dealkylation sites (tertiary alicyclic amines) is 1. The molecule has 1 aromatic heterocycles. The molecule has 0 bridgehead atoms. The summed E-state index contributed by atoms with van der Waals surface area (Å²) in [5.74, 6) is 1.60. The number of hydrogen-bond donors (Lipinski definition) is 1. The Morgan fingerprint density at radius 1 is 1.14 bits per heavy atom. The second-order valence-corrected chi connectivity index (χ2v) is 7.99. The maximum absolute atomic E-state index is 13.0. The highest BCUT2D eigenvalue weighted by Gasteiger charge is 2.30. The van der Waals surface area contributed by atoms with E-state index in [0.717, 1.165) is 54.1 Å². The van der Waals surface area contributed by atoms with Gasteiger partial charge in [-0.25, -0.2) is 0 Å². The molecule has 2 aromatic rings. The summed E-state index contributed by atoms with van der Waals surface area (Å²) in [6.07, 6.45) is 2.94. The van der Waals surface area contributed by atoms with Gasteiger partial charge in [0.1, 0.15) is 0 Å². The number of aryl methyl sites for hydroxylation is 1. The van der Waals surface area contributed by atoms with Crippen molar-refractivity contribution >= 4 is 11.6 Å². The van der Waals surface area contributed by atoms with Gasteiger partial charge in [0.05, 0.1) is 25.5 Å². The Kier molecular flexibility index (Phi) is 5.46. The van der Waals surface area contributed by atoms with Gasteiger partial charge in [-0.3, -0.25) is 14.5 Å². The van der Waals surface area contributed by atoms with Gasteiger partial charge in [-0.15, -0.1) is 0 Å². The van der Waals surface area contributed by atoms with Crippen molar-refractivity contribution in [3.63, 3.8) is 0 Å². The van der Waals surface area contributed by atoms with Crippen molar-refractivity contribution in [1.29, 1.82) is 0 Å². The fourth-order valence-corrected chi connectivity index (χ4v) is 4.60. The normalized spacial score (nSPS) is 19.2. The van der Waals surface area contributed by atoms with Crippen LogP contribution in [0.5, 0.6) is 11.5 Å². The lowest BCUT2D eigenvalue weighted by atomic mass is 10.0. The molecular formula is C23H28N2O4. The fraction of sp³-hybridized carbons (Fsp3) is 0.478. The monoisotopic (exact) mass is 396 g/mol. The van der Waals surface area contributed by atoms with Crippen molar-refractivity contribution in [3.05, 3.63) is 46.3 Å². The second kappa shape index (κ2) is 8.03. The summed E-state index contributed by atoms with van der Waals surface area (Å²) in [5.41, 5.74) is 3.86. The Morgan fingerprint density at radius 3 is 2.62 bits per heavy atom. The van der Waals surface area contributed by atoms with Gasteiger partial charge in [0.15, 0.2) is 23.1 Å². The highest BCUT2D eigenvalue weighted by atomic mass is 16.5.